The first kappa shape index (κ1) is 9.56. The van der Waals surface area contributed by atoms with Crippen molar-refractivity contribution in [2.24, 2.45) is 11.8 Å². The summed E-state index contributed by atoms with van der Waals surface area (Å²) in [4.78, 5) is 13.5. The van der Waals surface area contributed by atoms with Crippen LogP contribution < -0.4 is 0 Å². The molecule has 1 saturated heterocycles. The number of fused-ring (bicyclic) bond motifs is 1. The van der Waals surface area contributed by atoms with Gasteiger partial charge < -0.3 is 9.64 Å². The lowest BCUT2D eigenvalue weighted by atomic mass is 9.86. The first-order valence-corrected chi connectivity index (χ1v) is 5.12. The van der Waals surface area contributed by atoms with Crippen molar-refractivity contribution in [2.45, 2.75) is 26.4 Å². The number of nitrogens with zero attached hydrogens (tertiary/aromatic N) is 1. The second-order valence-corrected chi connectivity index (χ2v) is 5.10. The van der Waals surface area contributed by atoms with Crippen LogP contribution >= 0.6 is 0 Å². The number of carbonyl (C=O) groups excluding carboxylic acids is 1. The van der Waals surface area contributed by atoms with E-state index in [0.29, 0.717) is 11.8 Å². The fourth-order valence-electron chi connectivity index (χ4n) is 1.88. The lowest BCUT2D eigenvalue weighted by Gasteiger charge is -2.24. The molecule has 1 heterocycles. The maximum absolute atomic E-state index is 11.7. The van der Waals surface area contributed by atoms with E-state index in [-0.39, 0.29) is 11.7 Å². The fourth-order valence-corrected chi connectivity index (χ4v) is 1.88. The maximum atomic E-state index is 11.7. The molecule has 3 heteroatoms. The monoisotopic (exact) mass is 195 g/mol. The van der Waals surface area contributed by atoms with E-state index < -0.39 is 0 Å². The van der Waals surface area contributed by atoms with E-state index >= 15 is 0 Å². The molecule has 0 bridgehead atoms. The van der Waals surface area contributed by atoms with Crippen LogP contribution in [-0.4, -0.2) is 29.7 Å². The van der Waals surface area contributed by atoms with Gasteiger partial charge in [-0.05, 0) is 20.8 Å². The van der Waals surface area contributed by atoms with Crippen LogP contribution in [0.25, 0.3) is 0 Å². The van der Waals surface area contributed by atoms with Gasteiger partial charge in [-0.1, -0.05) is 12.2 Å². The lowest BCUT2D eigenvalue weighted by molar-refractivity contribution is 0.0289. The standard InChI is InChI=1S/C11H17NO2/c1-11(2,3)14-10(13)12-6-8-4-5-9(8)7-12/h4-5,8-9H,6-7H2,1-3H3/t8-,9+. The van der Waals surface area contributed by atoms with Crippen molar-refractivity contribution in [2.75, 3.05) is 13.1 Å². The molecule has 2 atom stereocenters. The van der Waals surface area contributed by atoms with E-state index in [4.69, 9.17) is 4.74 Å². The molecule has 1 aliphatic carbocycles. The predicted molar refractivity (Wildman–Crippen MR) is 53.9 cm³/mol. The normalized spacial score (nSPS) is 29.8. The van der Waals surface area contributed by atoms with Crippen LogP contribution in [0, 0.1) is 11.8 Å². The smallest absolute Gasteiger partial charge is 0.410 e. The second kappa shape index (κ2) is 3.01. The Hall–Kier alpha value is -0.990. The first-order chi connectivity index (χ1) is 6.46. The Bertz CT molecular complexity index is 264. The molecule has 0 aromatic rings. The molecule has 0 unspecified atom stereocenters. The molecule has 3 nitrogen and oxygen atoms in total. The van der Waals surface area contributed by atoms with Crippen LogP contribution in [0.15, 0.2) is 12.2 Å². The molecule has 0 aromatic carbocycles. The number of amides is 1. The van der Waals surface area contributed by atoms with E-state index in [1.54, 1.807) is 4.90 Å². The summed E-state index contributed by atoms with van der Waals surface area (Å²) in [5, 5.41) is 0. The maximum Gasteiger partial charge on any atom is 0.410 e. The van der Waals surface area contributed by atoms with Crippen LogP contribution in [0.1, 0.15) is 20.8 Å². The highest BCUT2D eigenvalue weighted by atomic mass is 16.6. The molecule has 0 aromatic heterocycles. The number of carbonyl (C=O) groups is 1. The summed E-state index contributed by atoms with van der Waals surface area (Å²) in [6.45, 7) is 7.35. The van der Waals surface area contributed by atoms with Gasteiger partial charge in [-0.3, -0.25) is 0 Å². The Morgan fingerprint density at radius 2 is 1.79 bits per heavy atom. The van der Waals surface area contributed by atoms with Gasteiger partial charge in [0.15, 0.2) is 0 Å². The quantitative estimate of drug-likeness (QED) is 0.553. The van der Waals surface area contributed by atoms with Crippen molar-refractivity contribution in [3.8, 4) is 0 Å². The summed E-state index contributed by atoms with van der Waals surface area (Å²) < 4.78 is 5.31. The van der Waals surface area contributed by atoms with Crippen molar-refractivity contribution in [3.63, 3.8) is 0 Å². The first-order valence-electron chi connectivity index (χ1n) is 5.12. The van der Waals surface area contributed by atoms with E-state index in [1.807, 2.05) is 20.8 Å². The van der Waals surface area contributed by atoms with Crippen LogP contribution in [0.5, 0.6) is 0 Å². The third kappa shape index (κ3) is 1.76. The summed E-state index contributed by atoms with van der Waals surface area (Å²) in [7, 11) is 0. The molecular weight excluding hydrogens is 178 g/mol. The van der Waals surface area contributed by atoms with Crippen LogP contribution in [0.4, 0.5) is 4.79 Å². The van der Waals surface area contributed by atoms with Crippen molar-refractivity contribution >= 4 is 6.09 Å². The van der Waals surface area contributed by atoms with Gasteiger partial charge in [-0.15, -0.1) is 0 Å². The number of likely N-dealkylation sites (tertiary alicyclic amines) is 1. The molecule has 1 aliphatic heterocycles. The minimum Gasteiger partial charge on any atom is -0.444 e. The van der Waals surface area contributed by atoms with Gasteiger partial charge in [0.2, 0.25) is 0 Å². The molecule has 2 aliphatic rings. The second-order valence-electron chi connectivity index (χ2n) is 5.10. The van der Waals surface area contributed by atoms with E-state index in [1.165, 1.54) is 0 Å². The van der Waals surface area contributed by atoms with Gasteiger partial charge >= 0.3 is 6.09 Å². The lowest BCUT2D eigenvalue weighted by Crippen LogP contribution is -2.35. The largest absolute Gasteiger partial charge is 0.444 e. The van der Waals surface area contributed by atoms with Gasteiger partial charge in [0.25, 0.3) is 0 Å². The van der Waals surface area contributed by atoms with E-state index in [9.17, 15) is 4.79 Å². The average molecular weight is 195 g/mol. The van der Waals surface area contributed by atoms with Gasteiger partial charge in [0.05, 0.1) is 0 Å². The van der Waals surface area contributed by atoms with Crippen LogP contribution in [0.3, 0.4) is 0 Å². The topological polar surface area (TPSA) is 29.5 Å². The predicted octanol–water partition coefficient (Wildman–Crippen LogP) is 2.04. The molecular formula is C11H17NO2. The van der Waals surface area contributed by atoms with Crippen LogP contribution in [-0.2, 0) is 4.74 Å². The highest BCUT2D eigenvalue weighted by Gasteiger charge is 2.38. The average Bonchev–Trinajstić information content (AvgIpc) is 2.24. The Labute approximate surface area is 84.7 Å². The van der Waals surface area contributed by atoms with E-state index in [2.05, 4.69) is 12.2 Å². The zero-order valence-corrected chi connectivity index (χ0v) is 8.99. The summed E-state index contributed by atoms with van der Waals surface area (Å²) in [5.74, 6) is 1.17. The summed E-state index contributed by atoms with van der Waals surface area (Å²) in [5.41, 5.74) is -0.383. The number of rotatable bonds is 0. The van der Waals surface area contributed by atoms with Crippen molar-refractivity contribution in [1.29, 1.82) is 0 Å². The van der Waals surface area contributed by atoms with Crippen LogP contribution in [0.2, 0.25) is 0 Å². The number of hydrogen-bond donors (Lipinski definition) is 0. The Kier molecular flexibility index (Phi) is 2.05. The zero-order valence-electron chi connectivity index (χ0n) is 8.99. The van der Waals surface area contributed by atoms with E-state index in [0.717, 1.165) is 13.1 Å². The molecule has 2 rings (SSSR count). The van der Waals surface area contributed by atoms with Crippen molar-refractivity contribution < 1.29 is 9.53 Å². The Morgan fingerprint density at radius 3 is 2.14 bits per heavy atom. The Balaban J connectivity index is 1.88. The fraction of sp³-hybridized carbons (Fsp3) is 0.727. The molecule has 1 amide bonds. The number of ether oxygens (including phenoxy) is 1. The third-order valence-corrected chi connectivity index (χ3v) is 2.67. The summed E-state index contributed by atoms with van der Waals surface area (Å²) in [6.07, 6.45) is 4.18. The highest BCUT2D eigenvalue weighted by Crippen LogP contribution is 2.33. The van der Waals surface area contributed by atoms with Gasteiger partial charge in [0, 0.05) is 24.9 Å². The van der Waals surface area contributed by atoms with Gasteiger partial charge in [-0.2, -0.15) is 0 Å². The summed E-state index contributed by atoms with van der Waals surface area (Å²) in [6, 6.07) is 0. The minimum absolute atomic E-state index is 0.172. The highest BCUT2D eigenvalue weighted by molar-refractivity contribution is 5.68. The molecule has 14 heavy (non-hydrogen) atoms. The Morgan fingerprint density at radius 1 is 1.29 bits per heavy atom. The molecule has 0 spiro atoms. The zero-order chi connectivity index (χ0) is 10.3. The summed E-state index contributed by atoms with van der Waals surface area (Å²) >= 11 is 0. The van der Waals surface area contributed by atoms with Gasteiger partial charge in [0.1, 0.15) is 5.60 Å². The number of hydrogen-bond acceptors (Lipinski definition) is 2. The molecule has 0 saturated carbocycles. The minimum atomic E-state index is -0.383. The molecule has 1 fully saturated rings. The molecule has 0 N–H and O–H groups in total. The third-order valence-electron chi connectivity index (χ3n) is 2.67. The SMILES string of the molecule is CC(C)(C)OC(=O)N1C[C@H]2C=C[C@H]2C1. The van der Waals surface area contributed by atoms with Gasteiger partial charge in [-0.25, -0.2) is 4.79 Å². The molecule has 78 valence electrons. The molecule has 0 radical (unpaired) electrons. The van der Waals surface area contributed by atoms with Crippen molar-refractivity contribution in [1.82, 2.24) is 4.90 Å². The van der Waals surface area contributed by atoms with Crippen molar-refractivity contribution in [3.05, 3.63) is 12.2 Å².